The van der Waals surface area contributed by atoms with E-state index in [-0.39, 0.29) is 11.1 Å². The van der Waals surface area contributed by atoms with Crippen LogP contribution in [-0.4, -0.2) is 48.3 Å². The highest BCUT2D eigenvalue weighted by Crippen LogP contribution is 2.19. The van der Waals surface area contributed by atoms with Crippen LogP contribution in [0.2, 0.25) is 0 Å². The summed E-state index contributed by atoms with van der Waals surface area (Å²) < 4.78 is 5.86. The molecule has 108 valence electrons. The lowest BCUT2D eigenvalue weighted by molar-refractivity contribution is -0.0185. The maximum absolute atomic E-state index is 5.86. The van der Waals surface area contributed by atoms with Gasteiger partial charge in [-0.2, -0.15) is 0 Å². The minimum absolute atomic E-state index is 0.0264. The van der Waals surface area contributed by atoms with Crippen LogP contribution in [0.15, 0.2) is 0 Å². The number of hydrogen-bond donors (Lipinski definition) is 1. The predicted octanol–water partition coefficient (Wildman–Crippen LogP) is 2.65. The van der Waals surface area contributed by atoms with Gasteiger partial charge in [-0.25, -0.2) is 0 Å². The molecule has 0 radical (unpaired) electrons. The zero-order chi connectivity index (χ0) is 13.8. The van der Waals surface area contributed by atoms with Crippen molar-refractivity contribution >= 4 is 0 Å². The molecule has 3 nitrogen and oxygen atoms in total. The van der Waals surface area contributed by atoms with Gasteiger partial charge in [-0.3, -0.25) is 4.90 Å². The Balaban J connectivity index is 2.50. The molecule has 0 saturated carbocycles. The number of nitrogens with one attached hydrogen (secondary N) is 1. The van der Waals surface area contributed by atoms with Gasteiger partial charge in [0.15, 0.2) is 0 Å². The zero-order valence-corrected chi connectivity index (χ0v) is 13.2. The summed E-state index contributed by atoms with van der Waals surface area (Å²) in [5.41, 5.74) is 0.230. The Labute approximate surface area is 113 Å². The number of hydrogen-bond acceptors (Lipinski definition) is 3. The van der Waals surface area contributed by atoms with Crippen LogP contribution in [0.5, 0.6) is 0 Å². The summed E-state index contributed by atoms with van der Waals surface area (Å²) in [5.74, 6) is 0. The monoisotopic (exact) mass is 256 g/mol. The molecule has 1 heterocycles. The fourth-order valence-electron chi connectivity index (χ4n) is 2.43. The Kier molecular flexibility index (Phi) is 5.63. The van der Waals surface area contributed by atoms with Crippen LogP contribution in [0.1, 0.15) is 54.4 Å². The molecule has 0 aliphatic carbocycles. The molecule has 1 aliphatic heterocycles. The van der Waals surface area contributed by atoms with Gasteiger partial charge in [0.2, 0.25) is 0 Å². The Morgan fingerprint density at radius 2 is 2.06 bits per heavy atom. The van der Waals surface area contributed by atoms with E-state index in [1.165, 1.54) is 12.8 Å². The molecule has 1 rings (SSSR count). The average molecular weight is 256 g/mol. The van der Waals surface area contributed by atoms with Gasteiger partial charge in [0.25, 0.3) is 0 Å². The van der Waals surface area contributed by atoms with E-state index in [1.807, 2.05) is 0 Å². The molecule has 0 spiro atoms. The lowest BCUT2D eigenvalue weighted by Gasteiger charge is -2.35. The van der Waals surface area contributed by atoms with Crippen LogP contribution in [0, 0.1) is 0 Å². The van der Waals surface area contributed by atoms with Crippen LogP contribution in [0.3, 0.4) is 0 Å². The summed E-state index contributed by atoms with van der Waals surface area (Å²) in [7, 11) is 0. The van der Waals surface area contributed by atoms with Crippen molar-refractivity contribution in [2.45, 2.75) is 71.6 Å². The van der Waals surface area contributed by atoms with E-state index in [4.69, 9.17) is 4.74 Å². The van der Waals surface area contributed by atoms with Gasteiger partial charge in [-0.1, -0.05) is 6.92 Å². The van der Waals surface area contributed by atoms with Crippen LogP contribution in [0.4, 0.5) is 0 Å². The average Bonchev–Trinajstić information content (AvgIpc) is 2.38. The van der Waals surface area contributed by atoms with Gasteiger partial charge < -0.3 is 10.1 Å². The quantitative estimate of drug-likeness (QED) is 0.837. The lowest BCUT2D eigenvalue weighted by Crippen LogP contribution is -2.50. The summed E-state index contributed by atoms with van der Waals surface area (Å²) in [5, 5.41) is 3.69. The molecule has 18 heavy (non-hydrogen) atoms. The molecule has 1 saturated heterocycles. The molecular weight excluding hydrogens is 224 g/mol. The molecule has 1 N–H and O–H groups in total. The normalized spacial score (nSPS) is 31.3. The van der Waals surface area contributed by atoms with Crippen molar-refractivity contribution in [1.29, 1.82) is 0 Å². The van der Waals surface area contributed by atoms with Crippen molar-refractivity contribution in [3.63, 3.8) is 0 Å². The highest BCUT2D eigenvalue weighted by molar-refractivity contribution is 4.90. The Hall–Kier alpha value is -0.120. The van der Waals surface area contributed by atoms with E-state index in [9.17, 15) is 0 Å². The summed E-state index contributed by atoms with van der Waals surface area (Å²) in [6, 6.07) is 0.648. The molecule has 0 aromatic carbocycles. The van der Waals surface area contributed by atoms with Gasteiger partial charge >= 0.3 is 0 Å². The molecule has 1 aliphatic rings. The van der Waals surface area contributed by atoms with Gasteiger partial charge in [0.05, 0.1) is 12.2 Å². The van der Waals surface area contributed by atoms with Crippen molar-refractivity contribution in [3.8, 4) is 0 Å². The van der Waals surface area contributed by atoms with E-state index in [2.05, 4.69) is 51.8 Å². The van der Waals surface area contributed by atoms with Crippen LogP contribution in [-0.2, 0) is 4.74 Å². The topological polar surface area (TPSA) is 24.5 Å². The molecule has 0 amide bonds. The van der Waals surface area contributed by atoms with E-state index < -0.39 is 0 Å². The Bertz CT molecular complexity index is 249. The molecule has 0 aromatic heterocycles. The van der Waals surface area contributed by atoms with E-state index in [0.717, 1.165) is 26.2 Å². The predicted molar refractivity (Wildman–Crippen MR) is 78.1 cm³/mol. The second kappa shape index (κ2) is 6.36. The van der Waals surface area contributed by atoms with Crippen molar-refractivity contribution in [1.82, 2.24) is 10.2 Å². The molecule has 0 bridgehead atoms. The van der Waals surface area contributed by atoms with Crippen LogP contribution >= 0.6 is 0 Å². The number of ether oxygens (including phenoxy) is 1. The fourth-order valence-corrected chi connectivity index (χ4v) is 2.43. The van der Waals surface area contributed by atoms with Crippen molar-refractivity contribution in [2.75, 3.05) is 26.2 Å². The second-order valence-corrected chi connectivity index (χ2v) is 6.91. The number of nitrogens with zero attached hydrogens (tertiary/aromatic N) is 1. The highest BCUT2D eigenvalue weighted by atomic mass is 16.5. The van der Waals surface area contributed by atoms with Gasteiger partial charge in [-0.15, -0.1) is 0 Å². The van der Waals surface area contributed by atoms with Crippen molar-refractivity contribution in [3.05, 3.63) is 0 Å². The van der Waals surface area contributed by atoms with Gasteiger partial charge in [0, 0.05) is 24.7 Å². The van der Waals surface area contributed by atoms with Gasteiger partial charge in [0.1, 0.15) is 0 Å². The third-order valence-electron chi connectivity index (χ3n) is 3.98. The van der Waals surface area contributed by atoms with E-state index in [1.54, 1.807) is 0 Å². The fraction of sp³-hybridized carbons (Fsp3) is 1.00. The summed E-state index contributed by atoms with van der Waals surface area (Å²) >= 11 is 0. The minimum Gasteiger partial charge on any atom is -0.375 e. The van der Waals surface area contributed by atoms with Crippen molar-refractivity contribution < 1.29 is 4.74 Å². The first-order valence-corrected chi connectivity index (χ1v) is 7.39. The molecular formula is C15H32N2O. The molecule has 3 heteroatoms. The third-order valence-corrected chi connectivity index (χ3v) is 3.98. The summed E-state index contributed by atoms with van der Waals surface area (Å²) in [4.78, 5) is 2.58. The zero-order valence-electron chi connectivity index (χ0n) is 13.2. The number of rotatable bonds is 4. The van der Waals surface area contributed by atoms with Crippen LogP contribution < -0.4 is 5.32 Å². The maximum Gasteiger partial charge on any atom is 0.0600 e. The van der Waals surface area contributed by atoms with E-state index >= 15 is 0 Å². The largest absolute Gasteiger partial charge is 0.375 e. The van der Waals surface area contributed by atoms with Crippen LogP contribution in [0.25, 0.3) is 0 Å². The maximum atomic E-state index is 5.86. The van der Waals surface area contributed by atoms with Gasteiger partial charge in [-0.05, 0) is 54.0 Å². The molecule has 0 aromatic rings. The molecule has 1 fully saturated rings. The first-order valence-electron chi connectivity index (χ1n) is 7.39. The standard InChI is InChI=1S/C15H32N2O/c1-7-15(6)12-17(13(2)8-9-16-15)10-11-18-14(3,4)5/h13,16H,7-12H2,1-6H3. The first-order chi connectivity index (χ1) is 8.26. The SMILES string of the molecule is CCC1(C)CN(CCOC(C)(C)C)C(C)CCN1. The summed E-state index contributed by atoms with van der Waals surface area (Å²) in [6.45, 7) is 17.4. The first kappa shape index (κ1) is 15.9. The highest BCUT2D eigenvalue weighted by Gasteiger charge is 2.30. The summed E-state index contributed by atoms with van der Waals surface area (Å²) in [6.07, 6.45) is 2.40. The Morgan fingerprint density at radius 1 is 1.39 bits per heavy atom. The van der Waals surface area contributed by atoms with E-state index in [0.29, 0.717) is 6.04 Å². The molecule has 2 atom stereocenters. The lowest BCUT2D eigenvalue weighted by atomic mass is 9.98. The molecule has 2 unspecified atom stereocenters. The van der Waals surface area contributed by atoms with Crippen molar-refractivity contribution in [2.24, 2.45) is 0 Å². The smallest absolute Gasteiger partial charge is 0.0600 e. The third kappa shape index (κ3) is 5.25. The Morgan fingerprint density at radius 3 is 2.61 bits per heavy atom. The second-order valence-electron chi connectivity index (χ2n) is 6.91. The minimum atomic E-state index is -0.0264.